The Balaban J connectivity index is 0.00000406. The molecule has 0 unspecified atom stereocenters. The van der Waals surface area contributed by atoms with Crippen LogP contribution in [0.4, 0.5) is 0 Å². The molecule has 11 nitrogen and oxygen atoms in total. The summed E-state index contributed by atoms with van der Waals surface area (Å²) in [6, 6.07) is 6.88. The lowest BCUT2D eigenvalue weighted by atomic mass is 9.75. The first-order valence-electron chi connectivity index (χ1n) is 17.6. The SMILES string of the molecule is C.C.Cc1cc2c(C)c3sc(-c4cc(Cn5cc(COC(=O)C(C)(C)CC(C)(C)C(=O)OCC[N+](C)(C)CCCS(=O)(=O)[O-])nn5)c(C)s4)cc3c(C)c2s1. The highest BCUT2D eigenvalue weighted by Crippen LogP contribution is 2.45. The molecule has 0 aliphatic heterocycles. The molecule has 0 N–H and O–H groups in total. The quantitative estimate of drug-likeness (QED) is 0.0541. The summed E-state index contributed by atoms with van der Waals surface area (Å²) in [5, 5.41) is 11.2. The Hall–Kier alpha value is -3.21. The van der Waals surface area contributed by atoms with E-state index >= 15 is 0 Å². The molecule has 5 aromatic rings. The van der Waals surface area contributed by atoms with Crippen LogP contribution in [-0.2, 0) is 42.3 Å². The summed E-state index contributed by atoms with van der Waals surface area (Å²) >= 11 is 5.50. The number of benzene rings is 1. The Bertz CT molecular complexity index is 2200. The third-order valence-corrected chi connectivity index (χ3v) is 14.2. The van der Waals surface area contributed by atoms with E-state index in [4.69, 9.17) is 9.47 Å². The van der Waals surface area contributed by atoms with E-state index in [-0.39, 0.29) is 40.9 Å². The summed E-state index contributed by atoms with van der Waals surface area (Å²) in [7, 11) is -0.506. The van der Waals surface area contributed by atoms with Crippen LogP contribution in [0, 0.1) is 38.5 Å². The zero-order valence-electron chi connectivity index (χ0n) is 32.2. The minimum atomic E-state index is -4.26. The van der Waals surface area contributed by atoms with Crippen LogP contribution in [0.1, 0.15) is 87.5 Å². The van der Waals surface area contributed by atoms with Crippen LogP contribution in [-0.4, -0.2) is 83.9 Å². The third-order valence-electron chi connectivity index (χ3n) is 9.69. The number of carbonyl (C=O) groups excluding carboxylic acids is 2. The van der Waals surface area contributed by atoms with E-state index in [1.807, 2.05) is 36.8 Å². The van der Waals surface area contributed by atoms with Crippen molar-refractivity contribution in [1.82, 2.24) is 15.0 Å². The van der Waals surface area contributed by atoms with Crippen LogP contribution in [0.5, 0.6) is 0 Å². The molecule has 0 atom stereocenters. The van der Waals surface area contributed by atoms with Crippen LogP contribution in [0.3, 0.4) is 0 Å². The van der Waals surface area contributed by atoms with Crippen molar-refractivity contribution >= 4 is 76.2 Å². The molecule has 4 aromatic heterocycles. The fourth-order valence-electron chi connectivity index (χ4n) is 6.79. The molecule has 5 rings (SSSR count). The second kappa shape index (κ2) is 17.5. The van der Waals surface area contributed by atoms with Crippen molar-refractivity contribution in [3.05, 3.63) is 56.5 Å². The van der Waals surface area contributed by atoms with Crippen LogP contribution >= 0.6 is 34.0 Å². The van der Waals surface area contributed by atoms with Gasteiger partial charge in [0.1, 0.15) is 25.5 Å². The van der Waals surface area contributed by atoms with Crippen LogP contribution in [0.25, 0.3) is 29.9 Å². The average Bonchev–Trinajstić information content (AvgIpc) is 3.84. The molecule has 0 aliphatic rings. The topological polar surface area (TPSA) is 141 Å². The number of carbonyl (C=O) groups is 2. The van der Waals surface area contributed by atoms with Gasteiger partial charge in [-0.25, -0.2) is 13.1 Å². The Morgan fingerprint density at radius 3 is 2.07 bits per heavy atom. The number of nitrogens with zero attached hydrogens (tertiary/aromatic N) is 4. The van der Waals surface area contributed by atoms with Gasteiger partial charge in [0, 0.05) is 41.1 Å². The maximum Gasteiger partial charge on any atom is 0.311 e. The molecule has 4 heterocycles. The van der Waals surface area contributed by atoms with Crippen LogP contribution in [0.2, 0.25) is 0 Å². The zero-order chi connectivity index (χ0) is 39.1. The van der Waals surface area contributed by atoms with Crippen molar-refractivity contribution in [1.29, 1.82) is 0 Å². The van der Waals surface area contributed by atoms with Crippen molar-refractivity contribution in [2.75, 3.05) is 39.5 Å². The molecule has 55 heavy (non-hydrogen) atoms. The van der Waals surface area contributed by atoms with Gasteiger partial charge in [-0.3, -0.25) is 9.59 Å². The summed E-state index contributed by atoms with van der Waals surface area (Å²) in [4.78, 5) is 31.3. The van der Waals surface area contributed by atoms with Crippen molar-refractivity contribution in [2.45, 2.75) is 96.2 Å². The first-order chi connectivity index (χ1) is 24.5. The van der Waals surface area contributed by atoms with Gasteiger partial charge in [0.05, 0.1) is 54.3 Å². The van der Waals surface area contributed by atoms with Crippen LogP contribution < -0.4 is 0 Å². The lowest BCUT2D eigenvalue weighted by Crippen LogP contribution is -2.44. The predicted octanol–water partition coefficient (Wildman–Crippen LogP) is 9.03. The summed E-state index contributed by atoms with van der Waals surface area (Å²) in [5.74, 6) is -1.32. The molecule has 0 saturated heterocycles. The Morgan fingerprint density at radius 1 is 0.855 bits per heavy atom. The van der Waals surface area contributed by atoms with Crippen molar-refractivity contribution in [3.63, 3.8) is 0 Å². The summed E-state index contributed by atoms with van der Waals surface area (Å²) in [6.45, 7) is 17.2. The van der Waals surface area contributed by atoms with Crippen molar-refractivity contribution in [2.24, 2.45) is 10.8 Å². The van der Waals surface area contributed by atoms with Gasteiger partial charge in [-0.2, -0.15) is 0 Å². The molecule has 0 aliphatic carbocycles. The van der Waals surface area contributed by atoms with Crippen molar-refractivity contribution < 1.29 is 36.5 Å². The molecular formula is C40H58N4O7S4. The Kier molecular flexibility index (Phi) is 14.7. The van der Waals surface area contributed by atoms with E-state index in [2.05, 4.69) is 56.2 Å². The Labute approximate surface area is 339 Å². The number of aryl methyl sites for hydroxylation is 4. The third kappa shape index (κ3) is 11.2. The second-order valence-electron chi connectivity index (χ2n) is 16.0. The van der Waals surface area contributed by atoms with Crippen molar-refractivity contribution in [3.8, 4) is 9.75 Å². The highest BCUT2D eigenvalue weighted by Gasteiger charge is 2.41. The highest BCUT2D eigenvalue weighted by molar-refractivity contribution is 7.85. The normalized spacial score (nSPS) is 12.5. The maximum absolute atomic E-state index is 13.2. The van der Waals surface area contributed by atoms with E-state index in [1.54, 1.807) is 49.9 Å². The number of hydrogen-bond acceptors (Lipinski definition) is 12. The van der Waals surface area contributed by atoms with Crippen LogP contribution in [0.15, 0.2) is 24.4 Å². The number of hydrogen-bond donors (Lipinski definition) is 0. The number of rotatable bonds is 16. The molecule has 0 radical (unpaired) electrons. The summed E-state index contributed by atoms with van der Waals surface area (Å²) < 4.78 is 48.8. The number of fused-ring (bicyclic) bond motifs is 2. The molecule has 0 amide bonds. The molecule has 15 heteroatoms. The summed E-state index contributed by atoms with van der Waals surface area (Å²) in [5.41, 5.74) is 2.43. The number of ether oxygens (including phenoxy) is 2. The monoisotopic (exact) mass is 834 g/mol. The Morgan fingerprint density at radius 2 is 1.44 bits per heavy atom. The van der Waals surface area contributed by atoms with Gasteiger partial charge in [0.15, 0.2) is 0 Å². The number of quaternary nitrogens is 1. The number of likely N-dealkylation sites (N-methyl/N-ethyl adjacent to an activating group) is 1. The molecule has 0 bridgehead atoms. The number of esters is 2. The summed E-state index contributed by atoms with van der Waals surface area (Å²) in [6.07, 6.45) is 2.21. The minimum Gasteiger partial charge on any atom is -0.748 e. The van der Waals surface area contributed by atoms with Gasteiger partial charge in [-0.05, 0) is 107 Å². The van der Waals surface area contributed by atoms with E-state index in [9.17, 15) is 22.6 Å². The molecule has 1 aromatic carbocycles. The lowest BCUT2D eigenvalue weighted by molar-refractivity contribution is -0.890. The largest absolute Gasteiger partial charge is 0.748 e. The average molecular weight is 835 g/mol. The lowest BCUT2D eigenvalue weighted by Gasteiger charge is -2.33. The first kappa shape index (κ1) is 46.2. The van der Waals surface area contributed by atoms with E-state index in [0.717, 1.165) is 5.56 Å². The van der Waals surface area contributed by atoms with Gasteiger partial charge >= 0.3 is 11.9 Å². The van der Waals surface area contributed by atoms with E-state index in [1.165, 1.54) is 50.8 Å². The van der Waals surface area contributed by atoms with E-state index < -0.39 is 38.6 Å². The molecule has 0 saturated carbocycles. The van der Waals surface area contributed by atoms with Gasteiger partial charge in [-0.15, -0.1) is 39.1 Å². The molecule has 304 valence electrons. The minimum absolute atomic E-state index is 0. The van der Waals surface area contributed by atoms with Gasteiger partial charge in [0.2, 0.25) is 0 Å². The first-order valence-corrected chi connectivity index (χ1v) is 21.6. The predicted molar refractivity (Wildman–Crippen MR) is 226 cm³/mol. The number of aromatic nitrogens is 3. The highest BCUT2D eigenvalue weighted by atomic mass is 32.2. The second-order valence-corrected chi connectivity index (χ2v) is 21.0. The standard InChI is InChI=1S/C38H50N4O7S4.2CH4/c1-23-16-29-24(2)34-30(25(3)33(29)50-23)18-32(52-34)31-17-27(26(4)51-31)19-41-20-28(39-40-41)21-49-36(44)38(7,8)22-37(5,6)35(43)48-14-13-42(9,10)12-11-15-53(45,46)47;;/h16-18,20H,11-15,19,21-22H2,1-10H3;2*1H4. The van der Waals surface area contributed by atoms with Gasteiger partial charge < -0.3 is 18.5 Å². The van der Waals surface area contributed by atoms with Gasteiger partial charge in [0.25, 0.3) is 0 Å². The van der Waals surface area contributed by atoms with E-state index in [0.29, 0.717) is 29.8 Å². The zero-order valence-corrected chi connectivity index (χ0v) is 35.5. The molecule has 0 spiro atoms. The smallest absolute Gasteiger partial charge is 0.311 e. The fourth-order valence-corrected chi connectivity index (χ4v) is 10.7. The maximum atomic E-state index is 13.2. The molecular weight excluding hydrogens is 777 g/mol. The number of thiophene rings is 3. The fraction of sp³-hybridized carbons (Fsp3) is 0.550. The van der Waals surface area contributed by atoms with Gasteiger partial charge in [-0.1, -0.05) is 20.1 Å². The molecule has 0 fully saturated rings.